The highest BCUT2D eigenvalue weighted by Crippen LogP contribution is 2.24. The number of amides is 2. The predicted molar refractivity (Wildman–Crippen MR) is 95.0 cm³/mol. The van der Waals surface area contributed by atoms with E-state index in [0.717, 1.165) is 11.6 Å². The lowest BCUT2D eigenvalue weighted by molar-refractivity contribution is -0.384. The SMILES string of the molecule is Cc1cccc(OC(C)C(=O)NNC(=O)c2ccc(Cl)c([N+](=O)[O-])c2)c1. The third kappa shape index (κ3) is 4.93. The van der Waals surface area contributed by atoms with Crippen LogP contribution < -0.4 is 15.6 Å². The van der Waals surface area contributed by atoms with Gasteiger partial charge in [-0.3, -0.25) is 30.6 Å². The van der Waals surface area contributed by atoms with Crippen molar-refractivity contribution in [3.8, 4) is 5.75 Å². The third-order valence-corrected chi connectivity index (χ3v) is 3.70. The van der Waals surface area contributed by atoms with Gasteiger partial charge in [0, 0.05) is 11.6 Å². The zero-order chi connectivity index (χ0) is 19.3. The second-order valence-electron chi connectivity index (χ2n) is 5.44. The number of rotatable bonds is 5. The number of nitro benzene ring substituents is 1. The van der Waals surface area contributed by atoms with Gasteiger partial charge < -0.3 is 4.74 Å². The molecule has 0 radical (unpaired) electrons. The molecule has 9 heteroatoms. The molecule has 0 aromatic heterocycles. The van der Waals surface area contributed by atoms with Gasteiger partial charge >= 0.3 is 0 Å². The molecule has 0 bridgehead atoms. The molecular weight excluding hydrogens is 362 g/mol. The van der Waals surface area contributed by atoms with Crippen LogP contribution in [0.5, 0.6) is 5.75 Å². The number of aryl methyl sites for hydroxylation is 1. The number of ether oxygens (including phenoxy) is 1. The highest BCUT2D eigenvalue weighted by Gasteiger charge is 2.18. The monoisotopic (exact) mass is 377 g/mol. The molecule has 136 valence electrons. The molecule has 2 rings (SSSR count). The Balaban J connectivity index is 1.95. The third-order valence-electron chi connectivity index (χ3n) is 3.38. The number of nitrogens with zero attached hydrogens (tertiary/aromatic N) is 1. The lowest BCUT2D eigenvalue weighted by Crippen LogP contribution is -2.47. The van der Waals surface area contributed by atoms with E-state index in [2.05, 4.69) is 10.9 Å². The van der Waals surface area contributed by atoms with Crippen molar-refractivity contribution in [3.63, 3.8) is 0 Å². The number of halogens is 1. The summed E-state index contributed by atoms with van der Waals surface area (Å²) in [5.74, 6) is -0.781. The molecule has 26 heavy (non-hydrogen) atoms. The number of carbonyl (C=O) groups excluding carboxylic acids is 2. The van der Waals surface area contributed by atoms with Crippen LogP contribution in [-0.2, 0) is 4.79 Å². The van der Waals surface area contributed by atoms with Crippen LogP contribution >= 0.6 is 11.6 Å². The molecular formula is C17H16ClN3O5. The summed E-state index contributed by atoms with van der Waals surface area (Å²) in [6, 6.07) is 10.7. The minimum atomic E-state index is -0.864. The van der Waals surface area contributed by atoms with E-state index < -0.39 is 28.5 Å². The van der Waals surface area contributed by atoms with E-state index >= 15 is 0 Å². The molecule has 2 aromatic rings. The topological polar surface area (TPSA) is 111 Å². The van der Waals surface area contributed by atoms with Crippen LogP contribution in [0.4, 0.5) is 5.69 Å². The first-order chi connectivity index (χ1) is 12.3. The summed E-state index contributed by atoms with van der Waals surface area (Å²) >= 11 is 5.69. The molecule has 1 atom stereocenters. The Morgan fingerprint density at radius 1 is 1.19 bits per heavy atom. The number of nitro groups is 1. The maximum absolute atomic E-state index is 12.0. The summed E-state index contributed by atoms with van der Waals surface area (Å²) in [5, 5.41) is 10.8. The van der Waals surface area contributed by atoms with Crippen LogP contribution in [0.2, 0.25) is 5.02 Å². The van der Waals surface area contributed by atoms with E-state index in [1.807, 2.05) is 13.0 Å². The highest BCUT2D eigenvalue weighted by molar-refractivity contribution is 6.32. The molecule has 0 aliphatic carbocycles. The van der Waals surface area contributed by atoms with Gasteiger partial charge in [0.2, 0.25) is 0 Å². The zero-order valence-corrected chi connectivity index (χ0v) is 14.7. The van der Waals surface area contributed by atoms with Crippen molar-refractivity contribution in [3.05, 3.63) is 68.7 Å². The summed E-state index contributed by atoms with van der Waals surface area (Å²) in [7, 11) is 0. The van der Waals surface area contributed by atoms with E-state index in [1.54, 1.807) is 18.2 Å². The van der Waals surface area contributed by atoms with Crippen molar-refractivity contribution >= 4 is 29.1 Å². The van der Waals surface area contributed by atoms with Crippen LogP contribution in [0.15, 0.2) is 42.5 Å². The Bertz CT molecular complexity index is 856. The van der Waals surface area contributed by atoms with Crippen LogP contribution in [0.3, 0.4) is 0 Å². The fourth-order valence-electron chi connectivity index (χ4n) is 2.03. The molecule has 2 aromatic carbocycles. The largest absolute Gasteiger partial charge is 0.481 e. The average Bonchev–Trinajstić information content (AvgIpc) is 2.59. The van der Waals surface area contributed by atoms with Crippen LogP contribution in [0.1, 0.15) is 22.8 Å². The first kappa shape index (κ1) is 19.2. The number of hydrazine groups is 1. The fraction of sp³-hybridized carbons (Fsp3) is 0.176. The van der Waals surface area contributed by atoms with Gasteiger partial charge in [-0.1, -0.05) is 23.7 Å². The molecule has 8 nitrogen and oxygen atoms in total. The van der Waals surface area contributed by atoms with Crippen LogP contribution in [0, 0.1) is 17.0 Å². The fourth-order valence-corrected chi connectivity index (χ4v) is 2.22. The van der Waals surface area contributed by atoms with Gasteiger partial charge in [0.25, 0.3) is 17.5 Å². The van der Waals surface area contributed by atoms with E-state index in [-0.39, 0.29) is 10.6 Å². The van der Waals surface area contributed by atoms with Gasteiger partial charge in [-0.15, -0.1) is 0 Å². The lowest BCUT2D eigenvalue weighted by Gasteiger charge is -2.15. The number of hydrogen-bond donors (Lipinski definition) is 2. The van der Waals surface area contributed by atoms with Gasteiger partial charge in [0.15, 0.2) is 6.10 Å². The Kier molecular flexibility index (Phi) is 6.13. The predicted octanol–water partition coefficient (Wildman–Crippen LogP) is 2.79. The molecule has 2 amide bonds. The highest BCUT2D eigenvalue weighted by atomic mass is 35.5. The number of benzene rings is 2. The molecule has 0 saturated heterocycles. The first-order valence-corrected chi connectivity index (χ1v) is 7.93. The van der Waals surface area contributed by atoms with E-state index in [4.69, 9.17) is 16.3 Å². The normalized spacial score (nSPS) is 11.3. The summed E-state index contributed by atoms with van der Waals surface area (Å²) in [5.41, 5.74) is 4.95. The van der Waals surface area contributed by atoms with Crippen molar-refractivity contribution < 1.29 is 19.2 Å². The Hall–Kier alpha value is -3.13. The second kappa shape index (κ2) is 8.30. The summed E-state index contributed by atoms with van der Waals surface area (Å²) in [6.07, 6.45) is -0.864. The lowest BCUT2D eigenvalue weighted by atomic mass is 10.2. The quantitative estimate of drug-likeness (QED) is 0.614. The Morgan fingerprint density at radius 2 is 1.92 bits per heavy atom. The Labute approximate surface area is 154 Å². The standard InChI is InChI=1S/C17H16ClN3O5/c1-10-4-3-5-13(8-10)26-11(2)16(22)19-20-17(23)12-6-7-14(18)15(9-12)21(24)25/h3-9,11H,1-2H3,(H,19,22)(H,20,23). The number of carbonyl (C=O) groups is 2. The molecule has 0 heterocycles. The summed E-state index contributed by atoms with van der Waals surface area (Å²) in [4.78, 5) is 34.2. The van der Waals surface area contributed by atoms with Crippen molar-refractivity contribution in [1.29, 1.82) is 0 Å². The number of nitrogens with one attached hydrogen (secondary N) is 2. The van der Waals surface area contributed by atoms with Gasteiger partial charge in [0.1, 0.15) is 10.8 Å². The van der Waals surface area contributed by atoms with Crippen molar-refractivity contribution in [2.45, 2.75) is 20.0 Å². The maximum atomic E-state index is 12.0. The minimum Gasteiger partial charge on any atom is -0.481 e. The van der Waals surface area contributed by atoms with E-state index in [9.17, 15) is 19.7 Å². The van der Waals surface area contributed by atoms with Crippen molar-refractivity contribution in [1.82, 2.24) is 10.9 Å². The zero-order valence-electron chi connectivity index (χ0n) is 14.0. The van der Waals surface area contributed by atoms with Gasteiger partial charge in [-0.2, -0.15) is 0 Å². The van der Waals surface area contributed by atoms with Crippen molar-refractivity contribution in [2.75, 3.05) is 0 Å². The first-order valence-electron chi connectivity index (χ1n) is 7.55. The van der Waals surface area contributed by atoms with E-state index in [0.29, 0.717) is 5.75 Å². The number of hydrogen-bond acceptors (Lipinski definition) is 5. The van der Waals surface area contributed by atoms with E-state index in [1.165, 1.54) is 19.1 Å². The summed E-state index contributed by atoms with van der Waals surface area (Å²) in [6.45, 7) is 3.42. The van der Waals surface area contributed by atoms with Gasteiger partial charge in [-0.05, 0) is 43.7 Å². The minimum absolute atomic E-state index is 0.0198. The Morgan fingerprint density at radius 3 is 2.58 bits per heavy atom. The smallest absolute Gasteiger partial charge is 0.288 e. The summed E-state index contributed by atoms with van der Waals surface area (Å²) < 4.78 is 5.49. The molecule has 0 spiro atoms. The van der Waals surface area contributed by atoms with Gasteiger partial charge in [0.05, 0.1) is 4.92 Å². The molecule has 0 aliphatic rings. The molecule has 1 unspecified atom stereocenters. The second-order valence-corrected chi connectivity index (χ2v) is 5.85. The molecule has 2 N–H and O–H groups in total. The molecule has 0 aliphatic heterocycles. The maximum Gasteiger partial charge on any atom is 0.288 e. The molecule has 0 fully saturated rings. The van der Waals surface area contributed by atoms with Crippen LogP contribution in [0.25, 0.3) is 0 Å². The van der Waals surface area contributed by atoms with Crippen molar-refractivity contribution in [2.24, 2.45) is 0 Å². The average molecular weight is 378 g/mol. The molecule has 0 saturated carbocycles. The van der Waals surface area contributed by atoms with Gasteiger partial charge in [-0.25, -0.2) is 0 Å². The van der Waals surface area contributed by atoms with Crippen LogP contribution in [-0.4, -0.2) is 22.8 Å².